The fourth-order valence-electron chi connectivity index (χ4n) is 2.86. The summed E-state index contributed by atoms with van der Waals surface area (Å²) in [6.07, 6.45) is 7.74. The van der Waals surface area contributed by atoms with Crippen molar-refractivity contribution in [2.24, 2.45) is 11.8 Å². The van der Waals surface area contributed by atoms with Crippen molar-refractivity contribution in [3.05, 3.63) is 16.1 Å². The van der Waals surface area contributed by atoms with Gasteiger partial charge in [0.1, 0.15) is 0 Å². The van der Waals surface area contributed by atoms with E-state index in [4.69, 9.17) is 4.98 Å². The molecule has 0 aromatic carbocycles. The van der Waals surface area contributed by atoms with Crippen molar-refractivity contribution in [1.29, 1.82) is 0 Å². The number of aromatic nitrogens is 1. The number of nitrogens with zero attached hydrogens (tertiary/aromatic N) is 1. The van der Waals surface area contributed by atoms with Crippen LogP contribution in [0.4, 0.5) is 0 Å². The van der Waals surface area contributed by atoms with Crippen LogP contribution in [-0.2, 0) is 12.8 Å². The summed E-state index contributed by atoms with van der Waals surface area (Å²) >= 11 is 1.86. The first-order valence-electron chi connectivity index (χ1n) is 7.28. The Kier molecular flexibility index (Phi) is 5.19. The van der Waals surface area contributed by atoms with E-state index in [1.165, 1.54) is 42.8 Å². The van der Waals surface area contributed by atoms with Crippen molar-refractivity contribution in [3.8, 4) is 0 Å². The zero-order valence-corrected chi connectivity index (χ0v) is 12.7. The highest BCUT2D eigenvalue weighted by atomic mass is 32.1. The first kappa shape index (κ1) is 14.0. The molecule has 1 aliphatic carbocycles. The van der Waals surface area contributed by atoms with E-state index in [2.05, 4.69) is 31.6 Å². The van der Waals surface area contributed by atoms with Gasteiger partial charge in [-0.15, -0.1) is 11.3 Å². The van der Waals surface area contributed by atoms with Gasteiger partial charge in [-0.05, 0) is 51.0 Å². The Balaban J connectivity index is 1.81. The molecule has 3 heteroatoms. The molecule has 0 radical (unpaired) electrons. The zero-order chi connectivity index (χ0) is 13.0. The van der Waals surface area contributed by atoms with Crippen molar-refractivity contribution < 1.29 is 0 Å². The second kappa shape index (κ2) is 6.67. The Morgan fingerprint density at radius 2 is 2.06 bits per heavy atom. The van der Waals surface area contributed by atoms with Crippen LogP contribution in [0, 0.1) is 11.8 Å². The van der Waals surface area contributed by atoms with Crippen molar-refractivity contribution in [2.45, 2.75) is 58.4 Å². The van der Waals surface area contributed by atoms with Gasteiger partial charge in [-0.25, -0.2) is 4.98 Å². The van der Waals surface area contributed by atoms with Gasteiger partial charge in [0.2, 0.25) is 0 Å². The lowest BCUT2D eigenvalue weighted by Crippen LogP contribution is -2.30. The summed E-state index contributed by atoms with van der Waals surface area (Å²) in [5.41, 5.74) is 1.30. The number of hydrogen-bond donors (Lipinski definition) is 1. The molecule has 2 rings (SSSR count). The van der Waals surface area contributed by atoms with Crippen molar-refractivity contribution in [1.82, 2.24) is 10.3 Å². The average Bonchev–Trinajstić information content (AvgIpc) is 2.76. The lowest BCUT2D eigenvalue weighted by Gasteiger charge is -2.27. The zero-order valence-electron chi connectivity index (χ0n) is 11.9. The molecule has 1 fully saturated rings. The Morgan fingerprint density at radius 3 is 2.67 bits per heavy atom. The predicted octanol–water partition coefficient (Wildman–Crippen LogP) is 3.66. The van der Waals surface area contributed by atoms with Gasteiger partial charge in [-0.2, -0.15) is 0 Å². The monoisotopic (exact) mass is 266 g/mol. The molecule has 0 atom stereocenters. The largest absolute Gasteiger partial charge is 0.317 e. The summed E-state index contributed by atoms with van der Waals surface area (Å²) in [5.74, 6) is 1.58. The molecule has 0 saturated heterocycles. The molecule has 18 heavy (non-hydrogen) atoms. The highest BCUT2D eigenvalue weighted by molar-refractivity contribution is 7.09. The lowest BCUT2D eigenvalue weighted by molar-refractivity contribution is 0.300. The smallest absolute Gasteiger partial charge is 0.0931 e. The minimum atomic E-state index is 0.714. The van der Waals surface area contributed by atoms with E-state index >= 15 is 0 Å². The van der Waals surface area contributed by atoms with Crippen LogP contribution in [0.3, 0.4) is 0 Å². The maximum absolute atomic E-state index is 4.79. The molecule has 1 N–H and O–H groups in total. The number of hydrogen-bond acceptors (Lipinski definition) is 3. The van der Waals surface area contributed by atoms with Crippen LogP contribution in [-0.4, -0.2) is 18.1 Å². The second-order valence-electron chi connectivity index (χ2n) is 6.04. The van der Waals surface area contributed by atoms with Crippen LogP contribution in [0.2, 0.25) is 0 Å². The highest BCUT2D eigenvalue weighted by Gasteiger charge is 2.21. The summed E-state index contributed by atoms with van der Waals surface area (Å²) in [4.78, 5) is 4.79. The van der Waals surface area contributed by atoms with Gasteiger partial charge < -0.3 is 5.32 Å². The Morgan fingerprint density at radius 1 is 1.33 bits per heavy atom. The quantitative estimate of drug-likeness (QED) is 0.879. The minimum Gasteiger partial charge on any atom is -0.317 e. The van der Waals surface area contributed by atoms with E-state index in [-0.39, 0.29) is 0 Å². The first-order chi connectivity index (χ1) is 8.67. The molecule has 0 aliphatic heterocycles. The molecule has 0 unspecified atom stereocenters. The molecule has 2 nitrogen and oxygen atoms in total. The van der Waals surface area contributed by atoms with E-state index in [1.807, 2.05) is 11.3 Å². The highest BCUT2D eigenvalue weighted by Crippen LogP contribution is 2.28. The van der Waals surface area contributed by atoms with Gasteiger partial charge in [0.05, 0.1) is 10.7 Å². The molecule has 1 aliphatic rings. The number of nitrogens with one attached hydrogen (secondary N) is 1. The molecule has 0 amide bonds. The van der Waals surface area contributed by atoms with Gasteiger partial charge in [0, 0.05) is 17.8 Å². The fourth-order valence-corrected chi connectivity index (χ4v) is 3.78. The number of thiazole rings is 1. The second-order valence-corrected chi connectivity index (χ2v) is 6.98. The van der Waals surface area contributed by atoms with E-state index in [0.29, 0.717) is 5.92 Å². The van der Waals surface area contributed by atoms with Gasteiger partial charge in [-0.1, -0.05) is 13.8 Å². The van der Waals surface area contributed by atoms with Crippen molar-refractivity contribution in [2.75, 3.05) is 7.05 Å². The van der Waals surface area contributed by atoms with Crippen LogP contribution in [0.15, 0.2) is 5.38 Å². The van der Waals surface area contributed by atoms with Crippen LogP contribution >= 0.6 is 11.3 Å². The van der Waals surface area contributed by atoms with E-state index in [0.717, 1.165) is 18.4 Å². The van der Waals surface area contributed by atoms with Crippen LogP contribution in [0.25, 0.3) is 0 Å². The summed E-state index contributed by atoms with van der Waals surface area (Å²) in [6.45, 7) is 4.52. The minimum absolute atomic E-state index is 0.714. The third-order valence-electron chi connectivity index (χ3n) is 3.93. The summed E-state index contributed by atoms with van der Waals surface area (Å²) in [6, 6.07) is 0.758. The molecular formula is C15H26N2S. The SMILES string of the molecule is CNC1CCC(Cc2nc(CC(C)C)cs2)CC1. The molecule has 1 aromatic heterocycles. The first-order valence-corrected chi connectivity index (χ1v) is 8.16. The van der Waals surface area contributed by atoms with E-state index < -0.39 is 0 Å². The molecule has 1 saturated carbocycles. The van der Waals surface area contributed by atoms with Crippen LogP contribution in [0.1, 0.15) is 50.2 Å². The third-order valence-corrected chi connectivity index (χ3v) is 4.85. The normalized spacial score (nSPS) is 24.7. The van der Waals surface area contributed by atoms with Crippen LogP contribution in [0.5, 0.6) is 0 Å². The maximum atomic E-state index is 4.79. The Bertz CT molecular complexity index is 351. The van der Waals surface area contributed by atoms with Crippen molar-refractivity contribution in [3.63, 3.8) is 0 Å². The standard InChI is InChI=1S/C15H26N2S/c1-11(2)8-14-10-18-15(17-14)9-12-4-6-13(16-3)7-5-12/h10-13,16H,4-9H2,1-3H3. The molecular weight excluding hydrogens is 240 g/mol. The van der Waals surface area contributed by atoms with Crippen molar-refractivity contribution >= 4 is 11.3 Å². The van der Waals surface area contributed by atoms with Gasteiger partial charge >= 0.3 is 0 Å². The van der Waals surface area contributed by atoms with Crippen LogP contribution < -0.4 is 5.32 Å². The predicted molar refractivity (Wildman–Crippen MR) is 79.2 cm³/mol. The maximum Gasteiger partial charge on any atom is 0.0931 e. The summed E-state index contributed by atoms with van der Waals surface area (Å²) in [5, 5.41) is 7.02. The Labute approximate surface area is 115 Å². The third kappa shape index (κ3) is 4.06. The van der Waals surface area contributed by atoms with Gasteiger partial charge in [-0.3, -0.25) is 0 Å². The molecule has 1 aromatic rings. The summed E-state index contributed by atoms with van der Waals surface area (Å²) < 4.78 is 0. The lowest BCUT2D eigenvalue weighted by atomic mass is 9.84. The summed E-state index contributed by atoms with van der Waals surface area (Å²) in [7, 11) is 2.09. The number of rotatable bonds is 5. The van der Waals surface area contributed by atoms with E-state index in [1.54, 1.807) is 0 Å². The fraction of sp³-hybridized carbons (Fsp3) is 0.800. The Hall–Kier alpha value is -0.410. The topological polar surface area (TPSA) is 24.9 Å². The average molecular weight is 266 g/mol. The molecule has 102 valence electrons. The molecule has 0 bridgehead atoms. The molecule has 1 heterocycles. The van der Waals surface area contributed by atoms with Gasteiger partial charge in [0.15, 0.2) is 0 Å². The molecule has 0 spiro atoms. The van der Waals surface area contributed by atoms with Gasteiger partial charge in [0.25, 0.3) is 0 Å². The van der Waals surface area contributed by atoms with E-state index in [9.17, 15) is 0 Å².